The van der Waals surface area contributed by atoms with Crippen LogP contribution in [0.5, 0.6) is 0 Å². The molecule has 24 heavy (non-hydrogen) atoms. The third kappa shape index (κ3) is 4.81. The Labute approximate surface area is 159 Å². The van der Waals surface area contributed by atoms with Crippen LogP contribution in [0.25, 0.3) is 0 Å². The summed E-state index contributed by atoms with van der Waals surface area (Å²) in [5.41, 5.74) is 0.918. The van der Waals surface area contributed by atoms with Gasteiger partial charge in [-0.1, -0.05) is 23.2 Å². The molecule has 1 amide bonds. The Balaban J connectivity index is 0.00000208. The number of nitrogens with zero attached hydrogens (tertiary/aromatic N) is 1. The second kappa shape index (κ2) is 8.47. The van der Waals surface area contributed by atoms with Crippen molar-refractivity contribution in [3.8, 4) is 0 Å². The molecule has 1 aliphatic rings. The molecule has 2 atom stereocenters. The van der Waals surface area contributed by atoms with E-state index in [0.717, 1.165) is 10.4 Å². The number of carbonyl (C=O) groups is 1. The van der Waals surface area contributed by atoms with Gasteiger partial charge in [-0.2, -0.15) is 0 Å². The number of aliphatic hydroxyl groups is 1. The number of β-amino-alcohol motifs (C(OH)–C–C–N with tert-alkyl or cyclic N) is 1. The molecule has 5 nitrogen and oxygen atoms in total. The molecule has 1 aromatic carbocycles. The number of amides is 1. The van der Waals surface area contributed by atoms with E-state index in [2.05, 4.69) is 15.6 Å². The van der Waals surface area contributed by atoms with Crippen molar-refractivity contribution in [2.45, 2.75) is 25.0 Å². The van der Waals surface area contributed by atoms with E-state index >= 15 is 0 Å². The Hall–Kier alpha value is -0.890. The summed E-state index contributed by atoms with van der Waals surface area (Å²) in [5.74, 6) is -0.178. The van der Waals surface area contributed by atoms with Gasteiger partial charge in [-0.25, -0.2) is 4.98 Å². The van der Waals surface area contributed by atoms with Crippen LogP contribution in [-0.4, -0.2) is 34.7 Å². The SMILES string of the molecule is Cl.O=C(Nc1ncc(Cc2cc(Cl)ccc2Cl)s1)C1CC(O)CN1. The van der Waals surface area contributed by atoms with Gasteiger partial charge in [0.05, 0.1) is 12.1 Å². The van der Waals surface area contributed by atoms with Crippen LogP contribution in [0.4, 0.5) is 5.13 Å². The summed E-state index contributed by atoms with van der Waals surface area (Å²) in [5, 5.41) is 17.0. The number of anilines is 1. The van der Waals surface area contributed by atoms with E-state index in [1.54, 1.807) is 18.3 Å². The van der Waals surface area contributed by atoms with Crippen molar-refractivity contribution in [3.05, 3.63) is 44.9 Å². The minimum absolute atomic E-state index is 0. The zero-order valence-corrected chi connectivity index (χ0v) is 15.6. The fourth-order valence-corrected chi connectivity index (χ4v) is 3.64. The first-order valence-corrected chi connectivity index (χ1v) is 8.69. The molecule has 3 N–H and O–H groups in total. The smallest absolute Gasteiger partial charge is 0.243 e. The van der Waals surface area contributed by atoms with E-state index in [-0.39, 0.29) is 24.4 Å². The van der Waals surface area contributed by atoms with Crippen molar-refractivity contribution in [2.75, 3.05) is 11.9 Å². The normalized spacial score (nSPS) is 19.8. The Kier molecular flexibility index (Phi) is 6.86. The van der Waals surface area contributed by atoms with E-state index in [9.17, 15) is 9.90 Å². The number of thiazole rings is 1. The molecule has 0 aliphatic carbocycles. The molecule has 2 heterocycles. The number of rotatable bonds is 4. The summed E-state index contributed by atoms with van der Waals surface area (Å²) in [6, 6.07) is 4.96. The van der Waals surface area contributed by atoms with Crippen LogP contribution in [0, 0.1) is 0 Å². The van der Waals surface area contributed by atoms with Gasteiger partial charge in [-0.05, 0) is 30.2 Å². The predicted molar refractivity (Wildman–Crippen MR) is 99.7 cm³/mol. The Morgan fingerprint density at radius 3 is 2.96 bits per heavy atom. The molecule has 3 rings (SSSR count). The highest BCUT2D eigenvalue weighted by Gasteiger charge is 2.28. The highest BCUT2D eigenvalue weighted by atomic mass is 35.5. The van der Waals surface area contributed by atoms with E-state index in [0.29, 0.717) is 34.6 Å². The molecule has 1 saturated heterocycles. The van der Waals surface area contributed by atoms with Gasteiger partial charge in [0.15, 0.2) is 5.13 Å². The maximum Gasteiger partial charge on any atom is 0.243 e. The average molecular weight is 409 g/mol. The lowest BCUT2D eigenvalue weighted by Gasteiger charge is -2.08. The summed E-state index contributed by atoms with van der Waals surface area (Å²) in [7, 11) is 0. The molecule has 0 bridgehead atoms. The fourth-order valence-electron chi connectivity index (χ4n) is 2.42. The number of carbonyl (C=O) groups excluding carboxylic acids is 1. The van der Waals surface area contributed by atoms with Gasteiger partial charge < -0.3 is 15.7 Å². The van der Waals surface area contributed by atoms with Crippen molar-refractivity contribution in [1.29, 1.82) is 0 Å². The summed E-state index contributed by atoms with van der Waals surface area (Å²) in [6.07, 6.45) is 2.27. The highest BCUT2D eigenvalue weighted by Crippen LogP contribution is 2.27. The first-order valence-electron chi connectivity index (χ1n) is 7.12. The molecule has 9 heteroatoms. The van der Waals surface area contributed by atoms with Crippen LogP contribution in [0.2, 0.25) is 10.0 Å². The lowest BCUT2D eigenvalue weighted by molar-refractivity contribution is -0.117. The molecule has 0 saturated carbocycles. The van der Waals surface area contributed by atoms with Crippen LogP contribution in [0.1, 0.15) is 16.9 Å². The molecule has 0 spiro atoms. The Morgan fingerprint density at radius 2 is 2.25 bits per heavy atom. The minimum atomic E-state index is -0.470. The number of hydrogen-bond donors (Lipinski definition) is 3. The molecule has 1 aromatic heterocycles. The third-order valence-electron chi connectivity index (χ3n) is 3.58. The van der Waals surface area contributed by atoms with Crippen molar-refractivity contribution in [1.82, 2.24) is 10.3 Å². The Morgan fingerprint density at radius 1 is 1.46 bits per heavy atom. The van der Waals surface area contributed by atoms with Gasteiger partial charge in [0.1, 0.15) is 0 Å². The van der Waals surface area contributed by atoms with Crippen molar-refractivity contribution >= 4 is 58.0 Å². The second-order valence-corrected chi connectivity index (χ2v) is 7.34. The summed E-state index contributed by atoms with van der Waals surface area (Å²) >= 11 is 13.5. The van der Waals surface area contributed by atoms with Crippen molar-refractivity contribution in [2.24, 2.45) is 0 Å². The van der Waals surface area contributed by atoms with Crippen LogP contribution in [0.15, 0.2) is 24.4 Å². The lowest BCUT2D eigenvalue weighted by Crippen LogP contribution is -2.35. The molecule has 0 radical (unpaired) electrons. The quantitative estimate of drug-likeness (QED) is 0.726. The van der Waals surface area contributed by atoms with Gasteiger partial charge in [-0.15, -0.1) is 23.7 Å². The summed E-state index contributed by atoms with van der Waals surface area (Å²) < 4.78 is 0. The third-order valence-corrected chi connectivity index (χ3v) is 5.10. The van der Waals surface area contributed by atoms with Crippen LogP contribution in [0.3, 0.4) is 0 Å². The topological polar surface area (TPSA) is 74.2 Å². The van der Waals surface area contributed by atoms with E-state index < -0.39 is 6.10 Å². The monoisotopic (exact) mass is 407 g/mol. The minimum Gasteiger partial charge on any atom is -0.392 e. The van der Waals surface area contributed by atoms with E-state index in [4.69, 9.17) is 23.2 Å². The molecule has 130 valence electrons. The van der Waals surface area contributed by atoms with E-state index in [1.807, 2.05) is 6.07 Å². The number of aromatic nitrogens is 1. The molecule has 1 fully saturated rings. The van der Waals surface area contributed by atoms with Crippen molar-refractivity contribution < 1.29 is 9.90 Å². The van der Waals surface area contributed by atoms with Gasteiger partial charge in [0.25, 0.3) is 0 Å². The van der Waals surface area contributed by atoms with E-state index in [1.165, 1.54) is 11.3 Å². The largest absolute Gasteiger partial charge is 0.392 e. The predicted octanol–water partition coefficient (Wildman–Crippen LogP) is 3.12. The van der Waals surface area contributed by atoms with Gasteiger partial charge >= 0.3 is 0 Å². The zero-order chi connectivity index (χ0) is 16.4. The second-order valence-electron chi connectivity index (χ2n) is 5.38. The standard InChI is InChI=1S/C15H15Cl2N3O2S.ClH/c16-9-1-2-12(17)8(3-9)4-11-7-19-15(23-11)20-14(22)13-5-10(21)6-18-13;/h1-3,7,10,13,18,21H,4-6H2,(H,19,20,22);1H. The maximum atomic E-state index is 12.1. The van der Waals surface area contributed by atoms with Crippen molar-refractivity contribution in [3.63, 3.8) is 0 Å². The average Bonchev–Trinajstić information content (AvgIpc) is 3.12. The molecule has 2 unspecified atom stereocenters. The van der Waals surface area contributed by atoms with Crippen LogP contribution in [-0.2, 0) is 11.2 Å². The summed E-state index contributed by atoms with van der Waals surface area (Å²) in [6.45, 7) is 0.439. The van der Waals surface area contributed by atoms with Gasteiger partial charge in [0.2, 0.25) is 5.91 Å². The number of benzene rings is 1. The summed E-state index contributed by atoms with van der Waals surface area (Å²) in [4.78, 5) is 17.3. The lowest BCUT2D eigenvalue weighted by atomic mass is 10.1. The highest BCUT2D eigenvalue weighted by molar-refractivity contribution is 7.15. The molecule has 2 aromatic rings. The fraction of sp³-hybridized carbons (Fsp3) is 0.333. The molecular formula is C15H16Cl3N3O2S. The zero-order valence-electron chi connectivity index (χ0n) is 12.5. The number of hydrogen-bond acceptors (Lipinski definition) is 5. The van der Waals surface area contributed by atoms with Crippen LogP contribution >= 0.6 is 46.9 Å². The first-order chi connectivity index (χ1) is 11.0. The molecule has 1 aliphatic heterocycles. The maximum absolute atomic E-state index is 12.1. The number of halogens is 3. The van der Waals surface area contributed by atoms with Gasteiger partial charge in [-0.3, -0.25) is 4.79 Å². The number of nitrogens with one attached hydrogen (secondary N) is 2. The Bertz CT molecular complexity index is 726. The van der Waals surface area contributed by atoms with Gasteiger partial charge in [0, 0.05) is 34.1 Å². The number of aliphatic hydroxyl groups excluding tert-OH is 1. The molecular weight excluding hydrogens is 393 g/mol. The first kappa shape index (κ1) is 19.4. The van der Waals surface area contributed by atoms with Crippen LogP contribution < -0.4 is 10.6 Å².